The zero-order chi connectivity index (χ0) is 34.9. The van der Waals surface area contributed by atoms with Gasteiger partial charge in [0.1, 0.15) is 0 Å². The van der Waals surface area contributed by atoms with Crippen molar-refractivity contribution in [1.29, 1.82) is 0 Å². The maximum Gasteiger partial charge on any atom is 0.0198 e. The Morgan fingerprint density at radius 1 is 0.457 bits per heavy atom. The van der Waals surface area contributed by atoms with Crippen molar-refractivity contribution < 1.29 is 0 Å². The summed E-state index contributed by atoms with van der Waals surface area (Å²) in [6.07, 6.45) is 1.30. The summed E-state index contributed by atoms with van der Waals surface area (Å²) in [4.78, 5) is 10.3. The average Bonchev–Trinajstić information content (AvgIpc) is 3.11. The van der Waals surface area contributed by atoms with Crippen LogP contribution in [0.25, 0.3) is 0 Å². The van der Waals surface area contributed by atoms with Crippen molar-refractivity contribution in [2.75, 3.05) is 72.0 Å². The lowest BCUT2D eigenvalue weighted by Gasteiger charge is -2.43. The third-order valence-corrected chi connectivity index (χ3v) is 7.82. The van der Waals surface area contributed by atoms with E-state index in [-0.39, 0.29) is 14.9 Å². The van der Waals surface area contributed by atoms with Crippen LogP contribution in [-0.4, -0.2) is 120 Å². The molecule has 6 nitrogen and oxygen atoms in total. The summed E-state index contributed by atoms with van der Waals surface area (Å²) in [6.45, 7) is 56.0. The number of hydrogen-bond donors (Lipinski definition) is 2. The topological polar surface area (TPSA) is 37.0 Å². The van der Waals surface area contributed by atoms with Gasteiger partial charge in [0.15, 0.2) is 0 Å². The Bertz CT molecular complexity index is 638. The van der Waals surface area contributed by atoms with E-state index in [0.29, 0.717) is 28.2 Å². The monoisotopic (exact) mass is 659 g/mol. The van der Waals surface area contributed by atoms with Crippen molar-refractivity contribution in [3.05, 3.63) is 0 Å². The highest BCUT2D eigenvalue weighted by Crippen LogP contribution is 2.21. The molecule has 3 heterocycles. The molecule has 0 aromatic heterocycles. The molecule has 0 aromatic carbocycles. The molecule has 3 aliphatic rings. The summed E-state index contributed by atoms with van der Waals surface area (Å²) in [6, 6.07) is 0.684. The molecule has 3 fully saturated rings. The Morgan fingerprint density at radius 3 is 1.00 bits per heavy atom. The van der Waals surface area contributed by atoms with Crippen LogP contribution in [-0.2, 0) is 0 Å². The normalized spacial score (nSPS) is 20.9. The first-order valence-electron chi connectivity index (χ1n) is 18.2. The number of hydrogen-bond acceptors (Lipinski definition) is 6. The number of nitrogens with one attached hydrogen (secondary N) is 2. The molecule has 0 bridgehead atoms. The van der Waals surface area contributed by atoms with E-state index < -0.39 is 0 Å². The fourth-order valence-corrected chi connectivity index (χ4v) is 5.43. The van der Waals surface area contributed by atoms with Crippen molar-refractivity contribution in [2.45, 2.75) is 181 Å². The summed E-state index contributed by atoms with van der Waals surface area (Å²) in [5.74, 6) is 1.67. The average molecular weight is 659 g/mol. The lowest BCUT2D eigenvalue weighted by Crippen LogP contribution is -2.56. The summed E-state index contributed by atoms with van der Waals surface area (Å²) >= 11 is 0. The predicted molar refractivity (Wildman–Crippen MR) is 215 cm³/mol. The van der Waals surface area contributed by atoms with Crippen molar-refractivity contribution in [3.63, 3.8) is 0 Å². The highest BCUT2D eigenvalue weighted by Gasteiger charge is 2.29. The molecule has 2 N–H and O–H groups in total. The standard InChI is InChI=1S/C13H28N2.C9H20N2.C8H18N2.2C4H10.2CH4/c1-12(2,3)14-8-7-9-15(11-10-14)13(4,5)6;1-8-7-10-5-6-11(8)9(2,3)4;1-8(2,3)10-6-4-9-5-7-10;2*1-4(2)3;;/h7-11H2,1-6H3;8,10H,5-7H2,1-4H3;9H,4-7H2,1-3H3;2*4H,1-3H3;2*1H4. The molecule has 0 spiro atoms. The van der Waals surface area contributed by atoms with Gasteiger partial charge in [0.25, 0.3) is 0 Å². The number of piperazine rings is 2. The highest BCUT2D eigenvalue weighted by molar-refractivity contribution is 4.86. The summed E-state index contributed by atoms with van der Waals surface area (Å²) in [5, 5.41) is 6.74. The van der Waals surface area contributed by atoms with Gasteiger partial charge in [-0.05, 0) is 121 Å². The number of nitrogens with zero attached hydrogens (tertiary/aromatic N) is 4. The Labute approximate surface area is 294 Å². The van der Waals surface area contributed by atoms with E-state index in [1.807, 2.05) is 0 Å². The molecule has 0 saturated carbocycles. The van der Waals surface area contributed by atoms with Gasteiger partial charge in [-0.15, -0.1) is 0 Å². The maximum atomic E-state index is 3.39. The summed E-state index contributed by atoms with van der Waals surface area (Å²) in [5.41, 5.74) is 1.35. The van der Waals surface area contributed by atoms with Crippen LogP contribution in [0.1, 0.15) is 153 Å². The predicted octanol–water partition coefficient (Wildman–Crippen LogP) is 8.96. The Hall–Kier alpha value is -0.240. The quantitative estimate of drug-likeness (QED) is 0.271. The largest absolute Gasteiger partial charge is 0.314 e. The second kappa shape index (κ2) is 24.8. The Morgan fingerprint density at radius 2 is 0.761 bits per heavy atom. The minimum atomic E-state index is 0. The molecule has 0 aliphatic carbocycles. The van der Waals surface area contributed by atoms with Crippen molar-refractivity contribution >= 4 is 0 Å². The van der Waals surface area contributed by atoms with Crippen LogP contribution in [0, 0.1) is 11.8 Å². The van der Waals surface area contributed by atoms with E-state index in [4.69, 9.17) is 0 Å². The molecule has 3 aliphatic heterocycles. The maximum absolute atomic E-state index is 3.39. The van der Waals surface area contributed by atoms with E-state index in [0.717, 1.165) is 38.0 Å². The third-order valence-electron chi connectivity index (χ3n) is 7.82. The molecule has 0 radical (unpaired) electrons. The van der Waals surface area contributed by atoms with Gasteiger partial charge in [-0.2, -0.15) is 0 Å². The fourth-order valence-electron chi connectivity index (χ4n) is 5.43. The van der Waals surface area contributed by atoms with Crippen LogP contribution in [0.4, 0.5) is 0 Å². The molecule has 3 rings (SSSR count). The van der Waals surface area contributed by atoms with Gasteiger partial charge in [-0.1, -0.05) is 56.4 Å². The second-order valence-electron chi connectivity index (χ2n) is 18.5. The molecule has 1 unspecified atom stereocenters. The molecule has 0 amide bonds. The Kier molecular flexibility index (Phi) is 28.4. The van der Waals surface area contributed by atoms with E-state index in [1.165, 1.54) is 52.2 Å². The molecular formula is C40H94N6. The molecule has 3 saturated heterocycles. The zero-order valence-corrected chi connectivity index (χ0v) is 34.0. The van der Waals surface area contributed by atoms with Crippen LogP contribution in [0.5, 0.6) is 0 Å². The van der Waals surface area contributed by atoms with Gasteiger partial charge in [0, 0.05) is 87.1 Å². The smallest absolute Gasteiger partial charge is 0.0198 e. The highest BCUT2D eigenvalue weighted by atomic mass is 15.3. The molecular weight excluding hydrogens is 564 g/mol. The minimum absolute atomic E-state index is 0. The molecule has 1 atom stereocenters. The van der Waals surface area contributed by atoms with Crippen molar-refractivity contribution in [2.24, 2.45) is 11.8 Å². The first kappa shape index (κ1) is 52.6. The van der Waals surface area contributed by atoms with Crippen LogP contribution < -0.4 is 10.6 Å². The molecule has 6 heteroatoms. The van der Waals surface area contributed by atoms with Crippen LogP contribution in [0.15, 0.2) is 0 Å². The van der Waals surface area contributed by atoms with Crippen molar-refractivity contribution in [3.8, 4) is 0 Å². The first-order valence-corrected chi connectivity index (χ1v) is 18.2. The molecule has 0 aromatic rings. The van der Waals surface area contributed by atoms with Crippen LogP contribution in [0.3, 0.4) is 0 Å². The van der Waals surface area contributed by atoms with Crippen molar-refractivity contribution in [1.82, 2.24) is 30.2 Å². The lowest BCUT2D eigenvalue weighted by molar-refractivity contribution is 0.0704. The van der Waals surface area contributed by atoms with Gasteiger partial charge >= 0.3 is 0 Å². The van der Waals surface area contributed by atoms with Gasteiger partial charge in [-0.25, -0.2) is 0 Å². The lowest BCUT2D eigenvalue weighted by atomic mass is 10.0. The van der Waals surface area contributed by atoms with E-state index in [1.54, 1.807) is 0 Å². The van der Waals surface area contributed by atoms with Gasteiger partial charge in [0.2, 0.25) is 0 Å². The van der Waals surface area contributed by atoms with E-state index >= 15 is 0 Å². The molecule has 284 valence electrons. The first-order chi connectivity index (χ1) is 19.8. The van der Waals surface area contributed by atoms with Crippen LogP contribution >= 0.6 is 0 Å². The van der Waals surface area contributed by atoms with Crippen LogP contribution in [0.2, 0.25) is 0 Å². The van der Waals surface area contributed by atoms with E-state index in [2.05, 4.69) is 162 Å². The fraction of sp³-hybridized carbons (Fsp3) is 1.00. The van der Waals surface area contributed by atoms with E-state index in [9.17, 15) is 0 Å². The second-order valence-corrected chi connectivity index (χ2v) is 18.5. The summed E-state index contributed by atoms with van der Waals surface area (Å²) in [7, 11) is 0. The SMILES string of the molecule is C.C.CC(C)(C)N1CCCN(C(C)(C)C)CC1.CC(C)(C)N1CCNCC1.CC(C)C.CC(C)C.CC1CNCCN1C(C)(C)C. The Balaban J connectivity index is -0.000000256. The molecule has 46 heavy (non-hydrogen) atoms. The number of rotatable bonds is 0. The van der Waals surface area contributed by atoms with Gasteiger partial charge in [0.05, 0.1) is 0 Å². The minimum Gasteiger partial charge on any atom is -0.314 e. The van der Waals surface area contributed by atoms with Gasteiger partial charge in [-0.3, -0.25) is 19.6 Å². The third kappa shape index (κ3) is 27.7. The zero-order valence-electron chi connectivity index (χ0n) is 34.0. The van der Waals surface area contributed by atoms with Gasteiger partial charge < -0.3 is 10.6 Å². The summed E-state index contributed by atoms with van der Waals surface area (Å²) < 4.78 is 0.